The fourth-order valence-electron chi connectivity index (χ4n) is 3.53. The van der Waals surface area contributed by atoms with Gasteiger partial charge in [-0.1, -0.05) is 26.7 Å². The van der Waals surface area contributed by atoms with Crippen LogP contribution in [0.1, 0.15) is 51.8 Å². The number of rotatable bonds is 3. The van der Waals surface area contributed by atoms with E-state index in [-0.39, 0.29) is 5.41 Å². The highest BCUT2D eigenvalue weighted by Gasteiger charge is 2.38. The molecule has 1 saturated carbocycles. The molecule has 0 atom stereocenters. The second-order valence-corrected chi connectivity index (χ2v) is 6.28. The van der Waals surface area contributed by atoms with Gasteiger partial charge >= 0.3 is 0 Å². The number of nitrogen functional groups attached to an aromatic ring is 1. The Labute approximate surface area is 113 Å². The molecule has 0 saturated heterocycles. The van der Waals surface area contributed by atoms with Crippen molar-refractivity contribution in [3.05, 3.63) is 18.0 Å². The molecule has 3 N–H and O–H groups in total. The molecule has 0 spiro atoms. The Hall–Kier alpha value is -1.58. The average molecular weight is 258 g/mol. The number of aromatic nitrogens is 3. The SMILES string of the molecule is CC(C)CC1(c2nc3nc(N)ccc3[nH]2)CCCC1. The van der Waals surface area contributed by atoms with Crippen LogP contribution in [-0.4, -0.2) is 15.0 Å². The Balaban J connectivity index is 2.05. The van der Waals surface area contributed by atoms with E-state index in [1.54, 1.807) is 0 Å². The van der Waals surface area contributed by atoms with Crippen LogP contribution in [0, 0.1) is 5.92 Å². The summed E-state index contributed by atoms with van der Waals surface area (Å²) in [5, 5.41) is 0. The molecule has 4 heteroatoms. The van der Waals surface area contributed by atoms with Gasteiger partial charge in [0.2, 0.25) is 0 Å². The van der Waals surface area contributed by atoms with Crippen LogP contribution in [0.2, 0.25) is 0 Å². The van der Waals surface area contributed by atoms with Gasteiger partial charge in [0.1, 0.15) is 11.6 Å². The summed E-state index contributed by atoms with van der Waals surface area (Å²) in [4.78, 5) is 12.5. The molecule has 2 aromatic rings. The Morgan fingerprint density at radius 1 is 1.26 bits per heavy atom. The Morgan fingerprint density at radius 3 is 2.68 bits per heavy atom. The summed E-state index contributed by atoms with van der Waals surface area (Å²) in [5.41, 5.74) is 7.72. The predicted octanol–water partition coefficient (Wildman–Crippen LogP) is 3.40. The topological polar surface area (TPSA) is 67.6 Å². The third-order valence-electron chi connectivity index (χ3n) is 4.23. The number of nitrogens with two attached hydrogens (primary N) is 1. The Kier molecular flexibility index (Phi) is 2.96. The molecule has 2 aromatic heterocycles. The minimum absolute atomic E-state index is 0.226. The lowest BCUT2D eigenvalue weighted by molar-refractivity contribution is 0.332. The van der Waals surface area contributed by atoms with E-state index in [1.165, 1.54) is 32.1 Å². The summed E-state index contributed by atoms with van der Waals surface area (Å²) >= 11 is 0. The molecule has 0 aromatic carbocycles. The van der Waals surface area contributed by atoms with Gasteiger partial charge in [0, 0.05) is 5.41 Å². The molecule has 0 radical (unpaired) electrons. The quantitative estimate of drug-likeness (QED) is 0.886. The van der Waals surface area contributed by atoms with Crippen molar-refractivity contribution >= 4 is 17.0 Å². The van der Waals surface area contributed by atoms with E-state index in [0.717, 1.165) is 17.0 Å². The number of aromatic amines is 1. The average Bonchev–Trinajstić information content (AvgIpc) is 2.94. The highest BCUT2D eigenvalue weighted by Crippen LogP contribution is 2.44. The van der Waals surface area contributed by atoms with Crippen LogP contribution in [0.5, 0.6) is 0 Å². The number of H-pyrrole nitrogens is 1. The van der Waals surface area contributed by atoms with Crippen molar-refractivity contribution < 1.29 is 0 Å². The molecular weight excluding hydrogens is 236 g/mol. The van der Waals surface area contributed by atoms with Gasteiger partial charge in [-0.15, -0.1) is 0 Å². The zero-order chi connectivity index (χ0) is 13.5. The fourth-order valence-corrected chi connectivity index (χ4v) is 3.53. The molecule has 0 aliphatic heterocycles. The van der Waals surface area contributed by atoms with E-state index in [1.807, 2.05) is 12.1 Å². The monoisotopic (exact) mass is 258 g/mol. The second-order valence-electron chi connectivity index (χ2n) is 6.28. The lowest BCUT2D eigenvalue weighted by atomic mass is 9.78. The summed E-state index contributed by atoms with van der Waals surface area (Å²) in [5.74, 6) is 2.34. The van der Waals surface area contributed by atoms with Crippen molar-refractivity contribution in [3.63, 3.8) is 0 Å². The molecule has 0 amide bonds. The van der Waals surface area contributed by atoms with Gasteiger partial charge in [0.05, 0.1) is 5.52 Å². The number of fused-ring (bicyclic) bond motifs is 1. The maximum absolute atomic E-state index is 5.74. The molecule has 0 unspecified atom stereocenters. The maximum atomic E-state index is 5.74. The summed E-state index contributed by atoms with van der Waals surface area (Å²) in [6, 6.07) is 3.81. The van der Waals surface area contributed by atoms with Gasteiger partial charge < -0.3 is 10.7 Å². The first kappa shape index (κ1) is 12.5. The number of hydrogen-bond donors (Lipinski definition) is 2. The fraction of sp³-hybridized carbons (Fsp3) is 0.600. The van der Waals surface area contributed by atoms with Gasteiger partial charge in [0.15, 0.2) is 5.65 Å². The highest BCUT2D eigenvalue weighted by molar-refractivity contribution is 5.72. The minimum Gasteiger partial charge on any atom is -0.384 e. The van der Waals surface area contributed by atoms with E-state index in [0.29, 0.717) is 11.7 Å². The summed E-state index contributed by atoms with van der Waals surface area (Å²) in [6.45, 7) is 4.58. The van der Waals surface area contributed by atoms with Crippen LogP contribution >= 0.6 is 0 Å². The van der Waals surface area contributed by atoms with Gasteiger partial charge in [-0.25, -0.2) is 9.97 Å². The number of nitrogens with one attached hydrogen (secondary N) is 1. The van der Waals surface area contributed by atoms with E-state index in [9.17, 15) is 0 Å². The molecule has 1 aliphatic rings. The molecule has 0 bridgehead atoms. The zero-order valence-electron chi connectivity index (χ0n) is 11.7. The van der Waals surface area contributed by atoms with Crippen molar-refractivity contribution in [2.24, 2.45) is 5.92 Å². The largest absolute Gasteiger partial charge is 0.384 e. The molecule has 4 nitrogen and oxygen atoms in total. The van der Waals surface area contributed by atoms with Crippen molar-refractivity contribution in [2.75, 3.05) is 5.73 Å². The van der Waals surface area contributed by atoms with Crippen LogP contribution < -0.4 is 5.73 Å². The van der Waals surface area contributed by atoms with Crippen molar-refractivity contribution in [1.82, 2.24) is 15.0 Å². The smallest absolute Gasteiger partial charge is 0.179 e. The number of pyridine rings is 1. The Morgan fingerprint density at radius 2 is 2.00 bits per heavy atom. The first-order valence-corrected chi connectivity index (χ1v) is 7.22. The standard InChI is InChI=1S/C15H22N4/c1-10(2)9-15(7-3-4-8-15)14-17-11-5-6-12(16)18-13(11)19-14/h5-6,10H,3-4,7-9H2,1-2H3,(H3,16,17,18,19). The van der Waals surface area contributed by atoms with Crippen molar-refractivity contribution in [3.8, 4) is 0 Å². The highest BCUT2D eigenvalue weighted by atomic mass is 15.0. The molecule has 1 aliphatic carbocycles. The normalized spacial score (nSPS) is 18.5. The lowest BCUT2D eigenvalue weighted by Gasteiger charge is -2.28. The molecule has 3 rings (SSSR count). The molecule has 2 heterocycles. The number of anilines is 1. The van der Waals surface area contributed by atoms with Crippen molar-refractivity contribution in [1.29, 1.82) is 0 Å². The summed E-state index contributed by atoms with van der Waals surface area (Å²) in [6.07, 6.45) is 6.28. The van der Waals surface area contributed by atoms with Crippen LogP contribution in [0.4, 0.5) is 5.82 Å². The minimum atomic E-state index is 0.226. The van der Waals surface area contributed by atoms with Crippen LogP contribution in [0.15, 0.2) is 12.1 Å². The van der Waals surface area contributed by atoms with Gasteiger partial charge in [-0.3, -0.25) is 0 Å². The van der Waals surface area contributed by atoms with Crippen LogP contribution in [-0.2, 0) is 5.41 Å². The predicted molar refractivity (Wildman–Crippen MR) is 77.9 cm³/mol. The second kappa shape index (κ2) is 4.51. The Bertz CT molecular complexity index is 579. The van der Waals surface area contributed by atoms with Gasteiger partial charge in [-0.2, -0.15) is 0 Å². The van der Waals surface area contributed by atoms with Gasteiger partial charge in [0.25, 0.3) is 0 Å². The first-order valence-electron chi connectivity index (χ1n) is 7.22. The maximum Gasteiger partial charge on any atom is 0.179 e. The molecule has 102 valence electrons. The van der Waals surface area contributed by atoms with E-state index in [2.05, 4.69) is 23.8 Å². The van der Waals surface area contributed by atoms with Crippen LogP contribution in [0.25, 0.3) is 11.2 Å². The van der Waals surface area contributed by atoms with E-state index in [4.69, 9.17) is 10.7 Å². The number of nitrogens with zero attached hydrogens (tertiary/aromatic N) is 2. The molecular formula is C15H22N4. The zero-order valence-corrected chi connectivity index (χ0v) is 11.7. The first-order chi connectivity index (χ1) is 9.09. The third kappa shape index (κ3) is 2.20. The van der Waals surface area contributed by atoms with Crippen LogP contribution in [0.3, 0.4) is 0 Å². The lowest BCUT2D eigenvalue weighted by Crippen LogP contribution is -2.25. The van der Waals surface area contributed by atoms with Gasteiger partial charge in [-0.05, 0) is 37.3 Å². The number of imidazole rings is 1. The van der Waals surface area contributed by atoms with E-state index < -0.39 is 0 Å². The molecule has 1 fully saturated rings. The summed E-state index contributed by atoms with van der Waals surface area (Å²) < 4.78 is 0. The van der Waals surface area contributed by atoms with E-state index >= 15 is 0 Å². The number of hydrogen-bond acceptors (Lipinski definition) is 3. The third-order valence-corrected chi connectivity index (χ3v) is 4.23. The molecule has 19 heavy (non-hydrogen) atoms. The summed E-state index contributed by atoms with van der Waals surface area (Å²) in [7, 11) is 0. The van der Waals surface area contributed by atoms with Crippen molar-refractivity contribution in [2.45, 2.75) is 51.4 Å².